The zero-order valence-corrected chi connectivity index (χ0v) is 10.7. The largest absolute Gasteiger partial charge is 0.458 e. The maximum atomic E-state index is 12.9. The van der Waals surface area contributed by atoms with Gasteiger partial charge in [0.2, 0.25) is 5.91 Å². The molecule has 1 aromatic rings. The highest BCUT2D eigenvalue weighted by molar-refractivity contribution is 5.84. The van der Waals surface area contributed by atoms with Crippen LogP contribution < -0.4 is 5.32 Å². The summed E-state index contributed by atoms with van der Waals surface area (Å²) in [5.74, 6) is -0.671. The van der Waals surface area contributed by atoms with Crippen LogP contribution in [0.15, 0.2) is 24.3 Å². The van der Waals surface area contributed by atoms with Crippen molar-refractivity contribution in [2.75, 3.05) is 6.54 Å². The third-order valence-corrected chi connectivity index (χ3v) is 3.22. The molecule has 2 rings (SSSR count). The Balaban J connectivity index is 2.00. The third-order valence-electron chi connectivity index (χ3n) is 3.22. The first-order chi connectivity index (χ1) is 9.06. The van der Waals surface area contributed by atoms with E-state index < -0.39 is 6.10 Å². The summed E-state index contributed by atoms with van der Waals surface area (Å²) in [4.78, 5) is 22.3. The number of carbonyl (C=O) groups excluding carboxylic acids is 2. The lowest BCUT2D eigenvalue weighted by Gasteiger charge is -2.27. The van der Waals surface area contributed by atoms with Gasteiger partial charge in [0.05, 0.1) is 5.92 Å². The lowest BCUT2D eigenvalue weighted by molar-refractivity contribution is -0.147. The van der Waals surface area contributed by atoms with Gasteiger partial charge in [-0.15, -0.1) is 0 Å². The Morgan fingerprint density at radius 2 is 2.16 bits per heavy atom. The molecule has 0 saturated carbocycles. The summed E-state index contributed by atoms with van der Waals surface area (Å²) in [5, 5.41) is 2.67. The Labute approximate surface area is 110 Å². The molecule has 0 bridgehead atoms. The first-order valence-electron chi connectivity index (χ1n) is 6.26. The fourth-order valence-electron chi connectivity index (χ4n) is 2.09. The van der Waals surface area contributed by atoms with E-state index in [-0.39, 0.29) is 23.6 Å². The number of β-lactam (4-membered cyclic amide) rings is 1. The molecule has 102 valence electrons. The van der Waals surface area contributed by atoms with Crippen molar-refractivity contribution in [1.82, 2.24) is 5.32 Å². The van der Waals surface area contributed by atoms with Crippen molar-refractivity contribution >= 4 is 11.9 Å². The number of rotatable bonds is 5. The average Bonchev–Trinajstić information content (AvgIpc) is 2.36. The van der Waals surface area contributed by atoms with E-state index in [1.807, 2.05) is 0 Å². The maximum absolute atomic E-state index is 12.9. The number of halogens is 1. The van der Waals surface area contributed by atoms with Crippen LogP contribution in [0.1, 0.15) is 31.4 Å². The normalized spacial score (nSPS) is 19.3. The molecule has 1 heterocycles. The molecule has 1 aliphatic rings. The van der Waals surface area contributed by atoms with Gasteiger partial charge >= 0.3 is 5.97 Å². The number of hydrogen-bond acceptors (Lipinski definition) is 3. The smallest absolute Gasteiger partial charge is 0.303 e. The topological polar surface area (TPSA) is 55.4 Å². The Morgan fingerprint density at radius 1 is 1.47 bits per heavy atom. The van der Waals surface area contributed by atoms with E-state index in [4.69, 9.17) is 4.74 Å². The van der Waals surface area contributed by atoms with Gasteiger partial charge in [0, 0.05) is 13.5 Å². The molecular weight excluding hydrogens is 249 g/mol. The number of carbonyl (C=O) groups is 2. The molecule has 0 radical (unpaired) electrons. The molecule has 1 N–H and O–H groups in total. The highest BCUT2D eigenvalue weighted by atomic mass is 19.1. The van der Waals surface area contributed by atoms with Crippen molar-refractivity contribution in [1.29, 1.82) is 0 Å². The molecule has 2 atom stereocenters. The van der Waals surface area contributed by atoms with Crippen LogP contribution >= 0.6 is 0 Å². The van der Waals surface area contributed by atoms with Crippen molar-refractivity contribution in [3.63, 3.8) is 0 Å². The number of ether oxygens (including phenoxy) is 1. The molecular formula is C14H16FNO3. The molecule has 1 aliphatic heterocycles. The minimum absolute atomic E-state index is 0.00138. The summed E-state index contributed by atoms with van der Waals surface area (Å²) in [6.07, 6.45) is 0.788. The van der Waals surface area contributed by atoms with Gasteiger partial charge in [-0.05, 0) is 30.5 Å². The SMILES string of the molecule is CC(=O)OC(CCC1CNC1=O)c1ccc(F)cc1. The number of esters is 1. The van der Waals surface area contributed by atoms with Gasteiger partial charge in [0.25, 0.3) is 0 Å². The summed E-state index contributed by atoms with van der Waals surface area (Å²) in [6, 6.07) is 5.87. The predicted molar refractivity (Wildman–Crippen MR) is 66.6 cm³/mol. The highest BCUT2D eigenvalue weighted by Gasteiger charge is 2.28. The van der Waals surface area contributed by atoms with Gasteiger partial charge in [-0.1, -0.05) is 12.1 Å². The molecule has 19 heavy (non-hydrogen) atoms. The van der Waals surface area contributed by atoms with Crippen LogP contribution in [0.25, 0.3) is 0 Å². The van der Waals surface area contributed by atoms with Crippen LogP contribution in [-0.2, 0) is 14.3 Å². The van der Waals surface area contributed by atoms with E-state index in [0.29, 0.717) is 19.4 Å². The molecule has 4 nitrogen and oxygen atoms in total. The van der Waals surface area contributed by atoms with Gasteiger partial charge in [0.15, 0.2) is 0 Å². The third kappa shape index (κ3) is 3.53. The molecule has 0 aromatic heterocycles. The van der Waals surface area contributed by atoms with E-state index >= 15 is 0 Å². The van der Waals surface area contributed by atoms with Crippen LogP contribution in [-0.4, -0.2) is 18.4 Å². The van der Waals surface area contributed by atoms with E-state index in [1.165, 1.54) is 19.1 Å². The maximum Gasteiger partial charge on any atom is 0.303 e. The highest BCUT2D eigenvalue weighted by Crippen LogP contribution is 2.26. The summed E-state index contributed by atoms with van der Waals surface area (Å²) >= 11 is 0. The van der Waals surface area contributed by atoms with Crippen LogP contribution in [0.5, 0.6) is 0 Å². The monoisotopic (exact) mass is 265 g/mol. The van der Waals surface area contributed by atoms with Crippen LogP contribution in [0.2, 0.25) is 0 Å². The number of hydrogen-bond donors (Lipinski definition) is 1. The quantitative estimate of drug-likeness (QED) is 0.654. The van der Waals surface area contributed by atoms with Gasteiger partial charge < -0.3 is 10.1 Å². The van der Waals surface area contributed by atoms with Gasteiger partial charge in [-0.3, -0.25) is 9.59 Å². The van der Waals surface area contributed by atoms with Crippen molar-refractivity contribution in [2.45, 2.75) is 25.9 Å². The number of nitrogens with one attached hydrogen (secondary N) is 1. The first kappa shape index (κ1) is 13.5. The van der Waals surface area contributed by atoms with Crippen molar-refractivity contribution in [3.8, 4) is 0 Å². The molecule has 1 saturated heterocycles. The Kier molecular flexibility index (Phi) is 4.14. The molecule has 0 aliphatic carbocycles. The summed E-state index contributed by atoms with van der Waals surface area (Å²) in [7, 11) is 0. The summed E-state index contributed by atoms with van der Waals surface area (Å²) < 4.78 is 18.1. The first-order valence-corrected chi connectivity index (χ1v) is 6.26. The number of amides is 1. The Morgan fingerprint density at radius 3 is 2.63 bits per heavy atom. The van der Waals surface area contributed by atoms with Crippen LogP contribution in [0.4, 0.5) is 4.39 Å². The zero-order valence-electron chi connectivity index (χ0n) is 10.7. The molecule has 1 amide bonds. The standard InChI is InChI=1S/C14H16FNO3/c1-9(17)19-13(7-4-11-8-16-14(11)18)10-2-5-12(15)6-3-10/h2-3,5-6,11,13H,4,7-8H2,1H3,(H,16,18). The predicted octanol–water partition coefficient (Wildman–Crippen LogP) is 1.96. The van der Waals surface area contributed by atoms with E-state index in [0.717, 1.165) is 5.56 Å². The fourth-order valence-corrected chi connectivity index (χ4v) is 2.09. The molecule has 1 fully saturated rings. The molecule has 2 unspecified atom stereocenters. The average molecular weight is 265 g/mol. The second-order valence-electron chi connectivity index (χ2n) is 4.67. The molecule has 1 aromatic carbocycles. The molecule has 5 heteroatoms. The summed E-state index contributed by atoms with van der Waals surface area (Å²) in [5.41, 5.74) is 0.747. The van der Waals surface area contributed by atoms with Crippen molar-refractivity contribution < 1.29 is 18.7 Å². The van der Waals surface area contributed by atoms with Gasteiger partial charge in [-0.2, -0.15) is 0 Å². The van der Waals surface area contributed by atoms with E-state index in [2.05, 4.69) is 5.32 Å². The Hall–Kier alpha value is -1.91. The van der Waals surface area contributed by atoms with Crippen molar-refractivity contribution in [2.24, 2.45) is 5.92 Å². The Bertz CT molecular complexity index is 472. The second-order valence-corrected chi connectivity index (χ2v) is 4.67. The minimum atomic E-state index is -0.425. The fraction of sp³-hybridized carbons (Fsp3) is 0.429. The summed E-state index contributed by atoms with van der Waals surface area (Å²) in [6.45, 7) is 2.02. The van der Waals surface area contributed by atoms with Crippen LogP contribution in [0.3, 0.4) is 0 Å². The second kappa shape index (κ2) is 5.82. The number of benzene rings is 1. The molecule has 0 spiro atoms. The van der Waals surface area contributed by atoms with E-state index in [9.17, 15) is 14.0 Å². The van der Waals surface area contributed by atoms with E-state index in [1.54, 1.807) is 12.1 Å². The lowest BCUT2D eigenvalue weighted by atomic mass is 9.92. The van der Waals surface area contributed by atoms with Gasteiger partial charge in [-0.25, -0.2) is 4.39 Å². The lowest BCUT2D eigenvalue weighted by Crippen LogP contribution is -2.48. The minimum Gasteiger partial charge on any atom is -0.458 e. The van der Waals surface area contributed by atoms with Crippen molar-refractivity contribution in [3.05, 3.63) is 35.6 Å². The zero-order chi connectivity index (χ0) is 13.8. The van der Waals surface area contributed by atoms with Gasteiger partial charge in [0.1, 0.15) is 11.9 Å². The van der Waals surface area contributed by atoms with Crippen LogP contribution in [0, 0.1) is 11.7 Å².